The molecule has 11 heteroatoms. The largest absolute Gasteiger partial charge is 0.386 e. The highest BCUT2D eigenvalue weighted by molar-refractivity contribution is 7.86. The summed E-state index contributed by atoms with van der Waals surface area (Å²) in [6.45, 7) is 0. The summed E-state index contributed by atoms with van der Waals surface area (Å²) < 4.78 is 68.6. The van der Waals surface area contributed by atoms with Crippen molar-refractivity contribution < 1.29 is 40.3 Å². The molecule has 0 aliphatic carbocycles. The average Bonchev–Trinajstić information content (AvgIpc) is 2.64. The Morgan fingerprint density at radius 1 is 0.759 bits per heavy atom. The third-order valence-corrected chi connectivity index (χ3v) is 5.31. The summed E-state index contributed by atoms with van der Waals surface area (Å²) in [5, 5.41) is 0. The van der Waals surface area contributed by atoms with Gasteiger partial charge in [-0.1, -0.05) is 24.0 Å². The lowest BCUT2D eigenvalue weighted by atomic mass is 10.1. The van der Waals surface area contributed by atoms with Gasteiger partial charge in [0.05, 0.1) is 22.3 Å². The van der Waals surface area contributed by atoms with Crippen molar-refractivity contribution in [1.29, 1.82) is 0 Å². The molecule has 2 aromatic rings. The monoisotopic (exact) mass is 434 g/mol. The number of hydrogen-bond acceptors (Lipinski definition) is 7. The van der Waals surface area contributed by atoms with Gasteiger partial charge in [-0.15, -0.1) is 12.8 Å². The van der Waals surface area contributed by atoms with Crippen LogP contribution in [0.2, 0.25) is 0 Å². The first-order valence-corrected chi connectivity index (χ1v) is 10.2. The van der Waals surface area contributed by atoms with Gasteiger partial charge in [0.25, 0.3) is 20.2 Å². The maximum atomic E-state index is 12.3. The first kappa shape index (κ1) is 21.8. The minimum Gasteiger partial charge on any atom is -0.386 e. The molecule has 0 amide bonds. The smallest absolute Gasteiger partial charge is 0.347 e. The van der Waals surface area contributed by atoms with Gasteiger partial charge in [0, 0.05) is 0 Å². The molecular weight excluding hydrogens is 424 g/mol. The van der Waals surface area contributed by atoms with E-state index in [1.807, 2.05) is 11.8 Å². The second kappa shape index (κ2) is 7.87. The van der Waals surface area contributed by atoms with E-state index in [1.54, 1.807) is 0 Å². The fourth-order valence-electron chi connectivity index (χ4n) is 2.32. The maximum Gasteiger partial charge on any atom is 0.347 e. The molecule has 2 aromatic carbocycles. The van der Waals surface area contributed by atoms with Gasteiger partial charge < -0.3 is 4.74 Å². The molecule has 148 valence electrons. The zero-order valence-electron chi connectivity index (χ0n) is 14.2. The minimum atomic E-state index is -4.77. The van der Waals surface area contributed by atoms with Crippen LogP contribution in [0.4, 0.5) is 0 Å². The molecule has 0 saturated heterocycles. The molecule has 9 nitrogen and oxygen atoms in total. The van der Waals surface area contributed by atoms with Crippen molar-refractivity contribution in [2.45, 2.75) is 9.79 Å². The normalized spacial score (nSPS) is 11.2. The number of hydrogen-bond donors (Lipinski definition) is 2. The van der Waals surface area contributed by atoms with Crippen LogP contribution in [-0.2, 0) is 25.0 Å². The number of carbonyl (C=O) groups excluding carboxylic acids is 2. The minimum absolute atomic E-state index is 0.524. The topological polar surface area (TPSA) is 152 Å². The summed E-state index contributed by atoms with van der Waals surface area (Å²) in [4.78, 5) is 23.2. The number of esters is 2. The van der Waals surface area contributed by atoms with Gasteiger partial charge in [0.15, 0.2) is 0 Å². The Hall–Kier alpha value is -3.48. The summed E-state index contributed by atoms with van der Waals surface area (Å²) in [7, 11) is -9.54. The molecule has 0 aliphatic rings. The van der Waals surface area contributed by atoms with E-state index in [4.69, 9.17) is 12.8 Å². The van der Waals surface area contributed by atoms with Crippen LogP contribution in [0.1, 0.15) is 31.8 Å². The molecule has 0 atom stereocenters. The summed E-state index contributed by atoms with van der Waals surface area (Å²) in [5.41, 5.74) is -2.14. The van der Waals surface area contributed by atoms with Gasteiger partial charge in [-0.3, -0.25) is 9.11 Å². The standard InChI is InChI=1S/C18H10O9S2/c1-3-11-13(7-5-9-15(11)28(21,22)23)17(19)27-18(20)14-8-6-10-16(12(14)4-2)29(24,25)26/h1-2,5-10H,(H,21,22,23)(H,24,25,26). The van der Waals surface area contributed by atoms with Crippen molar-refractivity contribution in [3.8, 4) is 24.7 Å². The van der Waals surface area contributed by atoms with Crippen molar-refractivity contribution in [1.82, 2.24) is 0 Å². The molecule has 0 radical (unpaired) electrons. The highest BCUT2D eigenvalue weighted by Crippen LogP contribution is 2.22. The molecule has 0 heterocycles. The fraction of sp³-hybridized carbons (Fsp3) is 0. The van der Waals surface area contributed by atoms with Gasteiger partial charge in [-0.2, -0.15) is 16.8 Å². The predicted molar refractivity (Wildman–Crippen MR) is 98.1 cm³/mol. The summed E-state index contributed by atoms with van der Waals surface area (Å²) >= 11 is 0. The van der Waals surface area contributed by atoms with Crippen LogP contribution < -0.4 is 0 Å². The van der Waals surface area contributed by atoms with Crippen molar-refractivity contribution >= 4 is 32.2 Å². The molecule has 0 saturated carbocycles. The Kier molecular flexibility index (Phi) is 5.92. The molecule has 2 N–H and O–H groups in total. The van der Waals surface area contributed by atoms with Crippen molar-refractivity contribution in [2.24, 2.45) is 0 Å². The van der Waals surface area contributed by atoms with Gasteiger partial charge in [0.2, 0.25) is 0 Å². The van der Waals surface area contributed by atoms with Crippen LogP contribution in [0.15, 0.2) is 46.2 Å². The molecule has 0 bridgehead atoms. The summed E-state index contributed by atoms with van der Waals surface area (Å²) in [5.74, 6) is 1.08. The van der Waals surface area contributed by atoms with E-state index in [2.05, 4.69) is 4.74 Å². The molecule has 0 unspecified atom stereocenters. The fourth-order valence-corrected chi connectivity index (χ4v) is 3.68. The molecule has 0 aromatic heterocycles. The SMILES string of the molecule is C#Cc1c(C(=O)OC(=O)c2cccc(S(=O)(=O)O)c2C#C)cccc1S(=O)(=O)O. The van der Waals surface area contributed by atoms with Gasteiger partial charge in [0.1, 0.15) is 9.79 Å². The molecule has 29 heavy (non-hydrogen) atoms. The second-order valence-electron chi connectivity index (χ2n) is 5.27. The quantitative estimate of drug-likeness (QED) is 0.312. The number of ether oxygens (including phenoxy) is 1. The molecule has 0 fully saturated rings. The Morgan fingerprint density at radius 2 is 1.10 bits per heavy atom. The van der Waals surface area contributed by atoms with E-state index in [0.717, 1.165) is 36.4 Å². The lowest BCUT2D eigenvalue weighted by Crippen LogP contribution is -2.17. The Labute approximate surface area is 165 Å². The Morgan fingerprint density at radius 3 is 1.38 bits per heavy atom. The molecule has 2 rings (SSSR count). The maximum absolute atomic E-state index is 12.3. The van der Waals surface area contributed by atoms with Crippen LogP contribution in [-0.4, -0.2) is 37.9 Å². The first-order valence-electron chi connectivity index (χ1n) is 7.32. The van der Waals surface area contributed by atoms with Gasteiger partial charge in [-0.25, -0.2) is 9.59 Å². The van der Waals surface area contributed by atoms with E-state index in [1.165, 1.54) is 0 Å². The molecule has 0 aliphatic heterocycles. The predicted octanol–water partition coefficient (Wildman–Crippen LogP) is 1.14. The third kappa shape index (κ3) is 4.51. The number of benzene rings is 2. The zero-order valence-corrected chi connectivity index (χ0v) is 15.8. The van der Waals surface area contributed by atoms with E-state index >= 15 is 0 Å². The van der Waals surface area contributed by atoms with Crippen molar-refractivity contribution in [3.63, 3.8) is 0 Å². The Balaban J connectivity index is 2.51. The zero-order chi connectivity index (χ0) is 22.0. The average molecular weight is 434 g/mol. The van der Waals surface area contributed by atoms with Crippen LogP contribution in [0.25, 0.3) is 0 Å². The molecule has 0 spiro atoms. The van der Waals surface area contributed by atoms with Gasteiger partial charge >= 0.3 is 11.9 Å². The van der Waals surface area contributed by atoms with Crippen LogP contribution in [0.5, 0.6) is 0 Å². The summed E-state index contributed by atoms with van der Waals surface area (Å²) in [6, 6.07) is 6.14. The highest BCUT2D eigenvalue weighted by atomic mass is 32.2. The van der Waals surface area contributed by atoms with Crippen molar-refractivity contribution in [3.05, 3.63) is 58.7 Å². The molecular formula is C18H10O9S2. The first-order chi connectivity index (χ1) is 13.4. The lowest BCUT2D eigenvalue weighted by molar-refractivity contribution is 0.0397. The number of carbonyl (C=O) groups is 2. The third-order valence-electron chi connectivity index (χ3n) is 3.52. The van der Waals surface area contributed by atoms with Crippen LogP contribution in [0, 0.1) is 24.7 Å². The van der Waals surface area contributed by atoms with E-state index < -0.39 is 64.2 Å². The van der Waals surface area contributed by atoms with Crippen LogP contribution >= 0.6 is 0 Å². The van der Waals surface area contributed by atoms with E-state index in [-0.39, 0.29) is 0 Å². The second-order valence-corrected chi connectivity index (χ2v) is 8.05. The van der Waals surface area contributed by atoms with E-state index in [0.29, 0.717) is 0 Å². The Bertz CT molecular complexity index is 1220. The number of rotatable bonds is 4. The van der Waals surface area contributed by atoms with Crippen molar-refractivity contribution in [2.75, 3.05) is 0 Å². The highest BCUT2D eigenvalue weighted by Gasteiger charge is 2.26. The summed E-state index contributed by atoms with van der Waals surface area (Å²) in [6.07, 6.45) is 10.4. The number of terminal acetylenes is 2. The van der Waals surface area contributed by atoms with E-state index in [9.17, 15) is 35.5 Å². The lowest BCUT2D eigenvalue weighted by Gasteiger charge is -2.10. The van der Waals surface area contributed by atoms with Crippen LogP contribution in [0.3, 0.4) is 0 Å². The van der Waals surface area contributed by atoms with Gasteiger partial charge in [-0.05, 0) is 24.3 Å².